The fourth-order valence-electron chi connectivity index (χ4n) is 1.32. The van der Waals surface area contributed by atoms with Crippen molar-refractivity contribution in [3.63, 3.8) is 0 Å². The highest BCUT2D eigenvalue weighted by molar-refractivity contribution is 6.30. The maximum atomic E-state index is 5.88. The first-order chi connectivity index (χ1) is 6.34. The highest BCUT2D eigenvalue weighted by atomic mass is 35.5. The van der Waals surface area contributed by atoms with Crippen molar-refractivity contribution in [1.82, 2.24) is 4.57 Å². The first kappa shape index (κ1) is 8.39. The van der Waals surface area contributed by atoms with Crippen LogP contribution in [0.15, 0.2) is 48.8 Å². The molecule has 0 aliphatic rings. The third-order valence-corrected chi connectivity index (χ3v) is 2.16. The minimum atomic E-state index is 0.796. The van der Waals surface area contributed by atoms with Gasteiger partial charge in [0.15, 0.2) is 0 Å². The SMILES string of the molecule is Clc1cccc(Cn2cccc2)c1. The number of hydrogen-bond donors (Lipinski definition) is 0. The van der Waals surface area contributed by atoms with E-state index in [1.165, 1.54) is 5.56 Å². The van der Waals surface area contributed by atoms with E-state index in [0.29, 0.717) is 0 Å². The number of benzene rings is 1. The molecule has 1 heterocycles. The van der Waals surface area contributed by atoms with Crippen LogP contribution >= 0.6 is 11.6 Å². The topological polar surface area (TPSA) is 4.93 Å². The van der Waals surface area contributed by atoms with Gasteiger partial charge in [0, 0.05) is 24.0 Å². The molecular weight excluding hydrogens is 182 g/mol. The lowest BCUT2D eigenvalue weighted by Gasteiger charge is -2.02. The second kappa shape index (κ2) is 3.67. The van der Waals surface area contributed by atoms with Gasteiger partial charge in [-0.05, 0) is 29.8 Å². The molecule has 2 rings (SSSR count). The Morgan fingerprint density at radius 1 is 1.08 bits per heavy atom. The zero-order valence-corrected chi connectivity index (χ0v) is 7.91. The molecule has 0 aliphatic heterocycles. The van der Waals surface area contributed by atoms with Crippen LogP contribution in [0.25, 0.3) is 0 Å². The van der Waals surface area contributed by atoms with Crippen LogP contribution in [-0.2, 0) is 6.54 Å². The molecule has 0 bridgehead atoms. The van der Waals surface area contributed by atoms with Crippen molar-refractivity contribution in [2.45, 2.75) is 6.54 Å². The monoisotopic (exact) mass is 191 g/mol. The molecule has 0 amide bonds. The van der Waals surface area contributed by atoms with Crippen molar-refractivity contribution in [3.05, 3.63) is 59.4 Å². The summed E-state index contributed by atoms with van der Waals surface area (Å²) in [5, 5.41) is 0.796. The maximum Gasteiger partial charge on any atom is 0.0470 e. The van der Waals surface area contributed by atoms with Crippen molar-refractivity contribution in [1.29, 1.82) is 0 Å². The van der Waals surface area contributed by atoms with Gasteiger partial charge in [-0.3, -0.25) is 0 Å². The zero-order valence-electron chi connectivity index (χ0n) is 7.15. The molecule has 0 saturated heterocycles. The van der Waals surface area contributed by atoms with Crippen molar-refractivity contribution in [2.75, 3.05) is 0 Å². The predicted octanol–water partition coefficient (Wildman–Crippen LogP) is 3.19. The second-order valence-electron chi connectivity index (χ2n) is 2.99. The van der Waals surface area contributed by atoms with E-state index in [9.17, 15) is 0 Å². The maximum absolute atomic E-state index is 5.88. The largest absolute Gasteiger partial charge is 0.350 e. The molecule has 2 aromatic rings. The average Bonchev–Trinajstić information content (AvgIpc) is 2.57. The molecule has 0 saturated carbocycles. The minimum Gasteiger partial charge on any atom is -0.350 e. The third kappa shape index (κ3) is 2.13. The van der Waals surface area contributed by atoms with Crippen LogP contribution in [0.4, 0.5) is 0 Å². The van der Waals surface area contributed by atoms with E-state index in [0.717, 1.165) is 11.6 Å². The standard InChI is InChI=1S/C11H10ClN/c12-11-5-3-4-10(8-11)9-13-6-1-2-7-13/h1-8H,9H2. The summed E-state index contributed by atoms with van der Waals surface area (Å²) in [5.41, 5.74) is 1.23. The zero-order chi connectivity index (χ0) is 9.10. The molecule has 2 heteroatoms. The summed E-state index contributed by atoms with van der Waals surface area (Å²) in [6, 6.07) is 12.0. The Morgan fingerprint density at radius 3 is 2.54 bits per heavy atom. The summed E-state index contributed by atoms with van der Waals surface area (Å²) in [6.45, 7) is 0.882. The van der Waals surface area contributed by atoms with E-state index in [1.54, 1.807) is 0 Å². The highest BCUT2D eigenvalue weighted by Gasteiger charge is 1.94. The summed E-state index contributed by atoms with van der Waals surface area (Å²) < 4.78 is 2.12. The first-order valence-corrected chi connectivity index (χ1v) is 4.57. The van der Waals surface area contributed by atoms with Gasteiger partial charge in [-0.1, -0.05) is 23.7 Å². The Labute approximate surface area is 82.6 Å². The average molecular weight is 192 g/mol. The summed E-state index contributed by atoms with van der Waals surface area (Å²) in [7, 11) is 0. The number of hydrogen-bond acceptors (Lipinski definition) is 0. The first-order valence-electron chi connectivity index (χ1n) is 4.20. The van der Waals surface area contributed by atoms with Gasteiger partial charge < -0.3 is 4.57 Å². The van der Waals surface area contributed by atoms with E-state index >= 15 is 0 Å². The van der Waals surface area contributed by atoms with Crippen LogP contribution in [0.3, 0.4) is 0 Å². The van der Waals surface area contributed by atoms with Gasteiger partial charge in [-0.2, -0.15) is 0 Å². The summed E-state index contributed by atoms with van der Waals surface area (Å²) in [4.78, 5) is 0. The van der Waals surface area contributed by atoms with E-state index in [1.807, 2.05) is 42.7 Å². The van der Waals surface area contributed by atoms with Gasteiger partial charge >= 0.3 is 0 Å². The molecule has 0 spiro atoms. The van der Waals surface area contributed by atoms with Gasteiger partial charge in [-0.25, -0.2) is 0 Å². The van der Waals surface area contributed by atoms with Crippen LogP contribution in [0.1, 0.15) is 5.56 Å². The Kier molecular flexibility index (Phi) is 2.37. The number of nitrogens with zero attached hydrogens (tertiary/aromatic N) is 1. The molecule has 0 atom stereocenters. The lowest BCUT2D eigenvalue weighted by Crippen LogP contribution is -1.95. The fraction of sp³-hybridized carbons (Fsp3) is 0.0909. The second-order valence-corrected chi connectivity index (χ2v) is 3.42. The molecule has 0 radical (unpaired) electrons. The van der Waals surface area contributed by atoms with Crippen molar-refractivity contribution in [2.24, 2.45) is 0 Å². The van der Waals surface area contributed by atoms with E-state index < -0.39 is 0 Å². The lowest BCUT2D eigenvalue weighted by molar-refractivity contribution is 0.806. The quantitative estimate of drug-likeness (QED) is 0.687. The lowest BCUT2D eigenvalue weighted by atomic mass is 10.2. The molecule has 1 aromatic carbocycles. The van der Waals surface area contributed by atoms with Crippen LogP contribution in [0, 0.1) is 0 Å². The van der Waals surface area contributed by atoms with E-state index in [2.05, 4.69) is 10.6 Å². The molecule has 1 nitrogen and oxygen atoms in total. The van der Waals surface area contributed by atoms with Gasteiger partial charge in [0.1, 0.15) is 0 Å². The number of rotatable bonds is 2. The number of aromatic nitrogens is 1. The van der Waals surface area contributed by atoms with Gasteiger partial charge in [0.2, 0.25) is 0 Å². The molecule has 0 aliphatic carbocycles. The van der Waals surface area contributed by atoms with Crippen molar-refractivity contribution >= 4 is 11.6 Å². The summed E-state index contributed by atoms with van der Waals surface area (Å²) in [5.74, 6) is 0. The third-order valence-electron chi connectivity index (χ3n) is 1.92. The molecular formula is C11H10ClN. The highest BCUT2D eigenvalue weighted by Crippen LogP contribution is 2.11. The Bertz CT molecular complexity index is 379. The van der Waals surface area contributed by atoms with Crippen LogP contribution in [0.5, 0.6) is 0 Å². The number of halogens is 1. The fourth-order valence-corrected chi connectivity index (χ4v) is 1.53. The smallest absolute Gasteiger partial charge is 0.0470 e. The predicted molar refractivity (Wildman–Crippen MR) is 55.0 cm³/mol. The van der Waals surface area contributed by atoms with Crippen molar-refractivity contribution < 1.29 is 0 Å². The minimum absolute atomic E-state index is 0.796. The van der Waals surface area contributed by atoms with Gasteiger partial charge in [0.25, 0.3) is 0 Å². The molecule has 13 heavy (non-hydrogen) atoms. The molecule has 0 fully saturated rings. The molecule has 0 unspecified atom stereocenters. The Morgan fingerprint density at radius 2 is 1.85 bits per heavy atom. The normalized spacial score (nSPS) is 10.2. The van der Waals surface area contributed by atoms with Gasteiger partial charge in [-0.15, -0.1) is 0 Å². The summed E-state index contributed by atoms with van der Waals surface area (Å²) >= 11 is 5.88. The molecule has 66 valence electrons. The summed E-state index contributed by atoms with van der Waals surface area (Å²) in [6.07, 6.45) is 4.09. The van der Waals surface area contributed by atoms with E-state index in [-0.39, 0.29) is 0 Å². The Balaban J connectivity index is 2.19. The van der Waals surface area contributed by atoms with E-state index in [4.69, 9.17) is 11.6 Å². The molecule has 1 aromatic heterocycles. The van der Waals surface area contributed by atoms with Crippen LogP contribution in [-0.4, -0.2) is 4.57 Å². The van der Waals surface area contributed by atoms with Gasteiger partial charge in [0.05, 0.1) is 0 Å². The Hall–Kier alpha value is -1.21. The van der Waals surface area contributed by atoms with Crippen LogP contribution < -0.4 is 0 Å². The molecule has 0 N–H and O–H groups in total. The van der Waals surface area contributed by atoms with Crippen LogP contribution in [0.2, 0.25) is 5.02 Å². The van der Waals surface area contributed by atoms with Crippen molar-refractivity contribution in [3.8, 4) is 0 Å².